The summed E-state index contributed by atoms with van der Waals surface area (Å²) in [6.07, 6.45) is -0.221. The topological polar surface area (TPSA) is 66.4 Å². The Hall–Kier alpha value is -2.76. The number of phenols is 1. The van der Waals surface area contributed by atoms with Crippen LogP contribution in [0.4, 0.5) is 0 Å². The fourth-order valence-electron chi connectivity index (χ4n) is 3.49. The Bertz CT molecular complexity index is 815. The van der Waals surface area contributed by atoms with Gasteiger partial charge in [-0.2, -0.15) is 0 Å². The van der Waals surface area contributed by atoms with Crippen LogP contribution in [0.1, 0.15) is 23.1 Å². The first-order valence-electron chi connectivity index (χ1n) is 7.39. The van der Waals surface area contributed by atoms with Crippen molar-refractivity contribution in [1.29, 1.82) is 0 Å². The lowest BCUT2D eigenvalue weighted by Crippen LogP contribution is -2.23. The maximum Gasteiger partial charge on any atom is 0.231 e. The van der Waals surface area contributed by atoms with Crippen LogP contribution in [0.25, 0.3) is 0 Å². The normalized spacial score (nSPS) is 22.5. The van der Waals surface area contributed by atoms with Gasteiger partial charge in [0.05, 0.1) is 19.6 Å². The lowest BCUT2D eigenvalue weighted by Gasteiger charge is -2.28. The highest BCUT2D eigenvalue weighted by molar-refractivity contribution is 5.63. The minimum absolute atomic E-state index is 0.0228. The zero-order valence-electron chi connectivity index (χ0n) is 12.4. The van der Waals surface area contributed by atoms with Crippen molar-refractivity contribution in [3.63, 3.8) is 0 Å². The predicted molar refractivity (Wildman–Crippen MR) is 78.8 cm³/mol. The van der Waals surface area contributed by atoms with Gasteiger partial charge in [-0.3, -0.25) is 0 Å². The zero-order chi connectivity index (χ0) is 15.6. The fraction of sp³-hybridized carbons (Fsp3) is 0.294. The summed E-state index contributed by atoms with van der Waals surface area (Å²) in [7, 11) is 1.52. The highest BCUT2D eigenvalue weighted by atomic mass is 16.7. The second-order valence-corrected chi connectivity index (χ2v) is 5.71. The van der Waals surface area contributed by atoms with E-state index in [4.69, 9.17) is 23.7 Å². The predicted octanol–water partition coefficient (Wildman–Crippen LogP) is 2.74. The van der Waals surface area contributed by atoms with Gasteiger partial charge in [0, 0.05) is 11.1 Å². The SMILES string of the molecule is COc1ccc2c(c1O)OC1c3ccc4c(c3OCC21)OCO4. The number of methoxy groups -OCH3 is 1. The molecule has 2 aromatic carbocycles. The van der Waals surface area contributed by atoms with Crippen molar-refractivity contribution in [3.8, 4) is 34.5 Å². The van der Waals surface area contributed by atoms with Gasteiger partial charge in [0.25, 0.3) is 0 Å². The lowest BCUT2D eigenvalue weighted by atomic mass is 9.89. The van der Waals surface area contributed by atoms with Crippen molar-refractivity contribution in [3.05, 3.63) is 35.4 Å². The third kappa shape index (κ3) is 1.58. The number of aromatic hydroxyl groups is 1. The van der Waals surface area contributed by atoms with E-state index < -0.39 is 0 Å². The van der Waals surface area contributed by atoms with Gasteiger partial charge >= 0.3 is 0 Å². The lowest BCUT2D eigenvalue weighted by molar-refractivity contribution is 0.129. The van der Waals surface area contributed by atoms with Gasteiger partial charge in [-0.25, -0.2) is 0 Å². The van der Waals surface area contributed by atoms with Gasteiger partial charge in [0.1, 0.15) is 6.10 Å². The molecule has 2 aromatic rings. The Morgan fingerprint density at radius 1 is 1.00 bits per heavy atom. The number of ether oxygens (including phenoxy) is 5. The van der Waals surface area contributed by atoms with Crippen LogP contribution in [0, 0.1) is 0 Å². The molecule has 6 heteroatoms. The van der Waals surface area contributed by atoms with E-state index in [9.17, 15) is 5.11 Å². The molecule has 0 aromatic heterocycles. The summed E-state index contributed by atoms with van der Waals surface area (Å²) in [5, 5.41) is 10.3. The van der Waals surface area contributed by atoms with E-state index in [1.807, 2.05) is 18.2 Å². The summed E-state index contributed by atoms with van der Waals surface area (Å²) in [4.78, 5) is 0. The number of fused-ring (bicyclic) bond motifs is 7. The minimum Gasteiger partial charge on any atom is -0.502 e. The van der Waals surface area contributed by atoms with Gasteiger partial charge in [-0.05, 0) is 18.2 Å². The van der Waals surface area contributed by atoms with Crippen molar-refractivity contribution >= 4 is 0 Å². The monoisotopic (exact) mass is 314 g/mol. The van der Waals surface area contributed by atoms with Crippen LogP contribution in [0.3, 0.4) is 0 Å². The van der Waals surface area contributed by atoms with E-state index in [-0.39, 0.29) is 24.6 Å². The molecule has 6 nitrogen and oxygen atoms in total. The summed E-state index contributed by atoms with van der Waals surface area (Å²) in [6.45, 7) is 0.651. The quantitative estimate of drug-likeness (QED) is 0.873. The Morgan fingerprint density at radius 2 is 1.87 bits per heavy atom. The average Bonchev–Trinajstić information content (AvgIpc) is 3.19. The number of phenolic OH excluding ortho intramolecular Hbond substituents is 1. The van der Waals surface area contributed by atoms with Gasteiger partial charge in [-0.15, -0.1) is 0 Å². The standard InChI is InChI=1S/C17H14O6/c1-19-11-4-2-8-10-6-20-16-9(14(10)23-15(8)13(11)18)3-5-12-17(16)22-7-21-12/h2-5,10,14,18H,6-7H2,1H3. The molecule has 118 valence electrons. The highest BCUT2D eigenvalue weighted by Gasteiger charge is 2.44. The molecule has 0 bridgehead atoms. The molecule has 0 fully saturated rings. The molecular weight excluding hydrogens is 300 g/mol. The number of hydrogen-bond donors (Lipinski definition) is 1. The van der Waals surface area contributed by atoms with Crippen molar-refractivity contribution in [2.24, 2.45) is 0 Å². The van der Waals surface area contributed by atoms with Gasteiger partial charge in [0.15, 0.2) is 23.0 Å². The molecule has 3 aliphatic rings. The molecule has 3 aliphatic heterocycles. The molecular formula is C17H14O6. The van der Waals surface area contributed by atoms with Crippen LogP contribution in [-0.2, 0) is 0 Å². The first-order valence-corrected chi connectivity index (χ1v) is 7.39. The molecule has 0 aliphatic carbocycles. The van der Waals surface area contributed by atoms with E-state index in [2.05, 4.69) is 0 Å². The second kappa shape index (κ2) is 4.38. The molecule has 0 saturated heterocycles. The molecule has 0 saturated carbocycles. The van der Waals surface area contributed by atoms with Crippen LogP contribution >= 0.6 is 0 Å². The first-order chi connectivity index (χ1) is 11.3. The maximum absolute atomic E-state index is 10.3. The number of benzene rings is 2. The van der Waals surface area contributed by atoms with Gasteiger partial charge in [0.2, 0.25) is 18.3 Å². The zero-order valence-corrected chi connectivity index (χ0v) is 12.4. The number of hydrogen-bond acceptors (Lipinski definition) is 6. The summed E-state index contributed by atoms with van der Waals surface area (Å²) >= 11 is 0. The highest BCUT2D eigenvalue weighted by Crippen LogP contribution is 2.58. The van der Waals surface area contributed by atoms with Gasteiger partial charge < -0.3 is 28.8 Å². The van der Waals surface area contributed by atoms with E-state index in [1.54, 1.807) is 6.07 Å². The van der Waals surface area contributed by atoms with E-state index >= 15 is 0 Å². The van der Waals surface area contributed by atoms with Crippen LogP contribution in [0.2, 0.25) is 0 Å². The Balaban J connectivity index is 1.62. The smallest absolute Gasteiger partial charge is 0.231 e. The Labute approximate surface area is 132 Å². The van der Waals surface area contributed by atoms with Crippen LogP contribution in [0.5, 0.6) is 34.5 Å². The van der Waals surface area contributed by atoms with E-state index in [0.717, 1.165) is 11.1 Å². The largest absolute Gasteiger partial charge is 0.502 e. The van der Waals surface area contributed by atoms with Crippen molar-refractivity contribution < 1.29 is 28.8 Å². The Morgan fingerprint density at radius 3 is 2.74 bits per heavy atom. The van der Waals surface area contributed by atoms with Crippen LogP contribution < -0.4 is 23.7 Å². The van der Waals surface area contributed by atoms with Crippen molar-refractivity contribution in [1.82, 2.24) is 0 Å². The van der Waals surface area contributed by atoms with E-state index in [1.165, 1.54) is 7.11 Å². The molecule has 0 radical (unpaired) electrons. The molecule has 2 atom stereocenters. The maximum atomic E-state index is 10.3. The molecule has 1 N–H and O–H groups in total. The fourth-order valence-corrected chi connectivity index (χ4v) is 3.49. The third-order valence-electron chi connectivity index (χ3n) is 4.59. The molecule has 2 unspecified atom stereocenters. The summed E-state index contributed by atoms with van der Waals surface area (Å²) in [5.41, 5.74) is 1.83. The third-order valence-corrected chi connectivity index (χ3v) is 4.59. The van der Waals surface area contributed by atoms with Crippen molar-refractivity contribution in [2.75, 3.05) is 20.5 Å². The molecule has 5 rings (SSSR count). The van der Waals surface area contributed by atoms with Crippen LogP contribution in [0.15, 0.2) is 24.3 Å². The molecule has 0 amide bonds. The first kappa shape index (κ1) is 12.8. The van der Waals surface area contributed by atoms with E-state index in [0.29, 0.717) is 35.4 Å². The van der Waals surface area contributed by atoms with Gasteiger partial charge in [-0.1, -0.05) is 6.07 Å². The van der Waals surface area contributed by atoms with Crippen LogP contribution in [-0.4, -0.2) is 25.6 Å². The summed E-state index contributed by atoms with van der Waals surface area (Å²) in [6, 6.07) is 7.45. The molecule has 3 heterocycles. The summed E-state index contributed by atoms with van der Waals surface area (Å²) in [5.74, 6) is 2.89. The molecule has 0 spiro atoms. The van der Waals surface area contributed by atoms with Crippen molar-refractivity contribution in [2.45, 2.75) is 12.0 Å². The summed E-state index contributed by atoms with van der Waals surface area (Å²) < 4.78 is 28.1. The Kier molecular flexibility index (Phi) is 2.43. The molecule has 23 heavy (non-hydrogen) atoms. The average molecular weight is 314 g/mol. The minimum atomic E-state index is -0.221. The number of rotatable bonds is 1. The second-order valence-electron chi connectivity index (χ2n) is 5.71.